The van der Waals surface area contributed by atoms with Gasteiger partial charge in [0.05, 0.1) is 10.9 Å². The number of rotatable bonds is 3. The number of carbonyl (C=O) groups excluding carboxylic acids is 1. The van der Waals surface area contributed by atoms with Gasteiger partial charge in [-0.05, 0) is 48.7 Å². The Morgan fingerprint density at radius 2 is 1.91 bits per heavy atom. The van der Waals surface area contributed by atoms with Crippen molar-refractivity contribution >= 4 is 44.5 Å². The first-order chi connectivity index (χ1) is 10.6. The summed E-state index contributed by atoms with van der Waals surface area (Å²) in [6.07, 6.45) is 0.725. The van der Waals surface area contributed by atoms with Crippen molar-refractivity contribution in [2.75, 3.05) is 0 Å². The third-order valence-corrected chi connectivity index (χ3v) is 5.11. The number of thioether (sulfide) groups is 1. The zero-order chi connectivity index (χ0) is 15.5. The van der Waals surface area contributed by atoms with E-state index in [1.165, 1.54) is 22.9 Å². The lowest BCUT2D eigenvalue weighted by Crippen LogP contribution is -2.26. The van der Waals surface area contributed by atoms with Crippen LogP contribution in [0.4, 0.5) is 5.69 Å². The summed E-state index contributed by atoms with van der Waals surface area (Å²) in [5.41, 5.74) is 3.26. The Morgan fingerprint density at radius 1 is 1.18 bits per heavy atom. The number of benzene rings is 2. The van der Waals surface area contributed by atoms with Crippen LogP contribution in [0.2, 0.25) is 0 Å². The predicted molar refractivity (Wildman–Crippen MR) is 95.6 cm³/mol. The number of amides is 1. The molecule has 3 nitrogen and oxygen atoms in total. The van der Waals surface area contributed by atoms with Crippen LogP contribution in [0, 0.1) is 6.92 Å². The molecule has 0 aromatic heterocycles. The van der Waals surface area contributed by atoms with Gasteiger partial charge in [-0.25, -0.2) is 4.99 Å². The molecule has 5 heteroatoms. The number of amidine groups is 1. The van der Waals surface area contributed by atoms with Crippen molar-refractivity contribution in [2.24, 2.45) is 4.99 Å². The van der Waals surface area contributed by atoms with Gasteiger partial charge in [0.25, 0.3) is 0 Å². The van der Waals surface area contributed by atoms with E-state index in [2.05, 4.69) is 45.3 Å². The van der Waals surface area contributed by atoms with Gasteiger partial charge < -0.3 is 5.32 Å². The molecule has 0 spiro atoms. The molecular formula is C17H15BrN2OS. The SMILES string of the molecule is Cc1ccccc1C[C@H]1SC(=Nc2ccc(Br)cc2)NC1=O. The molecule has 1 fully saturated rings. The Morgan fingerprint density at radius 3 is 2.64 bits per heavy atom. The maximum atomic E-state index is 12.1. The van der Waals surface area contributed by atoms with Crippen molar-refractivity contribution < 1.29 is 4.79 Å². The minimum absolute atomic E-state index is 0.0316. The fourth-order valence-electron chi connectivity index (χ4n) is 2.26. The van der Waals surface area contributed by atoms with E-state index in [4.69, 9.17) is 0 Å². The largest absolute Gasteiger partial charge is 0.304 e. The lowest BCUT2D eigenvalue weighted by molar-refractivity contribution is -0.118. The Labute approximate surface area is 142 Å². The quantitative estimate of drug-likeness (QED) is 0.873. The Hall–Kier alpha value is -1.59. The van der Waals surface area contributed by atoms with Gasteiger partial charge in [0.1, 0.15) is 0 Å². The fraction of sp³-hybridized carbons (Fsp3) is 0.176. The topological polar surface area (TPSA) is 41.5 Å². The van der Waals surface area contributed by atoms with Crippen molar-refractivity contribution in [3.63, 3.8) is 0 Å². The Bertz CT molecular complexity index is 728. The van der Waals surface area contributed by atoms with E-state index in [-0.39, 0.29) is 11.2 Å². The molecule has 1 aliphatic heterocycles. The summed E-state index contributed by atoms with van der Waals surface area (Å²) in [4.78, 5) is 16.6. The van der Waals surface area contributed by atoms with E-state index in [9.17, 15) is 4.79 Å². The molecule has 22 heavy (non-hydrogen) atoms. The van der Waals surface area contributed by atoms with E-state index >= 15 is 0 Å². The number of aryl methyl sites for hydroxylation is 1. The van der Waals surface area contributed by atoms with Crippen LogP contribution < -0.4 is 5.32 Å². The lowest BCUT2D eigenvalue weighted by atomic mass is 10.0. The third-order valence-electron chi connectivity index (χ3n) is 3.50. The van der Waals surface area contributed by atoms with Gasteiger partial charge >= 0.3 is 0 Å². The summed E-state index contributed by atoms with van der Waals surface area (Å²) < 4.78 is 1.01. The van der Waals surface area contributed by atoms with Crippen LogP contribution in [0.5, 0.6) is 0 Å². The van der Waals surface area contributed by atoms with Crippen LogP contribution in [0.1, 0.15) is 11.1 Å². The minimum Gasteiger partial charge on any atom is -0.304 e. The molecule has 3 rings (SSSR count). The average Bonchev–Trinajstić information content (AvgIpc) is 2.84. The summed E-state index contributed by atoms with van der Waals surface area (Å²) >= 11 is 4.90. The smallest absolute Gasteiger partial charge is 0.239 e. The van der Waals surface area contributed by atoms with Crippen LogP contribution in [0.15, 0.2) is 58.0 Å². The molecule has 1 aliphatic rings. The Kier molecular flexibility index (Phi) is 4.64. The van der Waals surface area contributed by atoms with Gasteiger partial charge in [-0.3, -0.25) is 4.79 Å². The summed E-state index contributed by atoms with van der Waals surface area (Å²) in [6, 6.07) is 15.9. The van der Waals surface area contributed by atoms with E-state index < -0.39 is 0 Å². The molecule has 0 unspecified atom stereocenters. The van der Waals surface area contributed by atoms with Crippen molar-refractivity contribution in [2.45, 2.75) is 18.6 Å². The first-order valence-corrected chi connectivity index (χ1v) is 8.65. The lowest BCUT2D eigenvalue weighted by Gasteiger charge is -2.08. The van der Waals surface area contributed by atoms with E-state index in [1.807, 2.05) is 36.4 Å². The molecule has 0 bridgehead atoms. The van der Waals surface area contributed by atoms with Crippen LogP contribution >= 0.6 is 27.7 Å². The zero-order valence-electron chi connectivity index (χ0n) is 12.0. The third kappa shape index (κ3) is 3.59. The maximum Gasteiger partial charge on any atom is 0.239 e. The number of aliphatic imine (C=N–C) groups is 1. The molecule has 0 saturated carbocycles. The van der Waals surface area contributed by atoms with Crippen LogP contribution in [0.3, 0.4) is 0 Å². The molecule has 1 saturated heterocycles. The maximum absolute atomic E-state index is 12.1. The van der Waals surface area contributed by atoms with Gasteiger partial charge in [-0.1, -0.05) is 52.0 Å². The minimum atomic E-state index is -0.115. The number of hydrogen-bond donors (Lipinski definition) is 1. The summed E-state index contributed by atoms with van der Waals surface area (Å²) in [7, 11) is 0. The van der Waals surface area contributed by atoms with Crippen LogP contribution in [-0.2, 0) is 11.2 Å². The van der Waals surface area contributed by atoms with Crippen LogP contribution in [0.25, 0.3) is 0 Å². The van der Waals surface area contributed by atoms with Gasteiger partial charge in [0, 0.05) is 4.47 Å². The van der Waals surface area contributed by atoms with Gasteiger partial charge in [0.2, 0.25) is 5.91 Å². The number of nitrogens with one attached hydrogen (secondary N) is 1. The number of carbonyl (C=O) groups is 1. The fourth-order valence-corrected chi connectivity index (χ4v) is 3.54. The zero-order valence-corrected chi connectivity index (χ0v) is 14.4. The Balaban J connectivity index is 1.73. The molecule has 0 aliphatic carbocycles. The van der Waals surface area contributed by atoms with Crippen molar-refractivity contribution in [1.82, 2.24) is 5.32 Å². The highest BCUT2D eigenvalue weighted by molar-refractivity contribution is 9.10. The van der Waals surface area contributed by atoms with Gasteiger partial charge in [-0.15, -0.1) is 0 Å². The number of hydrogen-bond acceptors (Lipinski definition) is 3. The summed E-state index contributed by atoms with van der Waals surface area (Å²) in [5.74, 6) is 0.0316. The molecule has 0 radical (unpaired) electrons. The van der Waals surface area contributed by atoms with Gasteiger partial charge in [0.15, 0.2) is 5.17 Å². The van der Waals surface area contributed by atoms with Crippen molar-refractivity contribution in [3.05, 3.63) is 64.1 Å². The highest BCUT2D eigenvalue weighted by atomic mass is 79.9. The van der Waals surface area contributed by atoms with Crippen molar-refractivity contribution in [3.8, 4) is 0 Å². The highest BCUT2D eigenvalue weighted by Crippen LogP contribution is 2.27. The molecule has 1 heterocycles. The standard InChI is InChI=1S/C17H15BrN2OS/c1-11-4-2-3-5-12(11)10-15-16(21)20-17(22-15)19-14-8-6-13(18)7-9-14/h2-9,15H,10H2,1H3,(H,19,20,21)/t15-/m1/s1. The normalized spacial score (nSPS) is 19.5. The molecule has 2 aromatic carbocycles. The van der Waals surface area contributed by atoms with Crippen LogP contribution in [-0.4, -0.2) is 16.3 Å². The number of halogens is 1. The summed E-state index contributed by atoms with van der Waals surface area (Å²) in [5, 5.41) is 3.43. The molecule has 112 valence electrons. The van der Waals surface area contributed by atoms with Crippen molar-refractivity contribution in [1.29, 1.82) is 0 Å². The van der Waals surface area contributed by atoms with E-state index in [0.29, 0.717) is 5.17 Å². The van der Waals surface area contributed by atoms with E-state index in [1.54, 1.807) is 0 Å². The second kappa shape index (κ2) is 6.67. The summed E-state index contributed by atoms with van der Waals surface area (Å²) in [6.45, 7) is 2.07. The molecule has 2 aromatic rings. The predicted octanol–water partition coefficient (Wildman–Crippen LogP) is 4.22. The first kappa shape index (κ1) is 15.3. The molecular weight excluding hydrogens is 360 g/mol. The monoisotopic (exact) mass is 374 g/mol. The van der Waals surface area contributed by atoms with Gasteiger partial charge in [-0.2, -0.15) is 0 Å². The molecule has 1 N–H and O–H groups in total. The molecule has 1 amide bonds. The number of nitrogens with zero attached hydrogens (tertiary/aromatic N) is 1. The second-order valence-electron chi connectivity index (χ2n) is 5.12. The molecule has 1 atom stereocenters. The average molecular weight is 375 g/mol. The second-order valence-corrected chi connectivity index (χ2v) is 7.23. The van der Waals surface area contributed by atoms with E-state index in [0.717, 1.165) is 16.6 Å². The highest BCUT2D eigenvalue weighted by Gasteiger charge is 2.30. The first-order valence-electron chi connectivity index (χ1n) is 6.98.